The van der Waals surface area contributed by atoms with Gasteiger partial charge in [-0.25, -0.2) is 0 Å². The number of hydrogen-bond donors (Lipinski definition) is 1. The lowest BCUT2D eigenvalue weighted by Gasteiger charge is -2.11. The van der Waals surface area contributed by atoms with Crippen LogP contribution >= 0.6 is 11.8 Å². The molecule has 0 atom stereocenters. The molecule has 2 aromatic rings. The Morgan fingerprint density at radius 2 is 2.11 bits per heavy atom. The molecule has 0 radical (unpaired) electrons. The van der Waals surface area contributed by atoms with Gasteiger partial charge in [0.05, 0.1) is 11.1 Å². The third kappa shape index (κ3) is 3.62. The maximum atomic E-state index is 4.20. The number of aromatic nitrogens is 2. The predicted octanol–water partition coefficient (Wildman–Crippen LogP) is 3.07. The van der Waals surface area contributed by atoms with Gasteiger partial charge in [0, 0.05) is 30.7 Å². The van der Waals surface area contributed by atoms with Crippen molar-refractivity contribution in [3.05, 3.63) is 42.2 Å². The summed E-state index contributed by atoms with van der Waals surface area (Å²) in [4.78, 5) is 2.47. The lowest BCUT2D eigenvalue weighted by molar-refractivity contribution is 0.585. The van der Waals surface area contributed by atoms with Crippen LogP contribution in [-0.4, -0.2) is 15.8 Å². The van der Waals surface area contributed by atoms with Crippen molar-refractivity contribution in [1.29, 1.82) is 0 Å². The van der Waals surface area contributed by atoms with Crippen molar-refractivity contribution >= 4 is 11.8 Å². The molecule has 3 nitrogen and oxygen atoms in total. The fraction of sp³-hybridized carbons (Fsp3) is 0.357. The molecular formula is C14H19N3S. The van der Waals surface area contributed by atoms with E-state index in [-0.39, 0.29) is 0 Å². The highest BCUT2D eigenvalue weighted by molar-refractivity contribution is 7.99. The molecule has 1 heterocycles. The largest absolute Gasteiger partial charge is 0.310 e. The van der Waals surface area contributed by atoms with Crippen LogP contribution in [0.2, 0.25) is 0 Å². The first-order valence-electron chi connectivity index (χ1n) is 6.13. The monoisotopic (exact) mass is 261 g/mol. The molecule has 0 fully saturated rings. The molecule has 4 heteroatoms. The Bertz CT molecular complexity index is 505. The summed E-state index contributed by atoms with van der Waals surface area (Å²) in [6.07, 6.45) is 3.94. The Labute approximate surface area is 113 Å². The molecule has 1 aromatic heterocycles. The number of nitrogens with one attached hydrogen (secondary N) is 1. The molecule has 0 spiro atoms. The van der Waals surface area contributed by atoms with E-state index in [1.165, 1.54) is 15.4 Å². The zero-order chi connectivity index (χ0) is 13.0. The number of benzene rings is 1. The second-order valence-electron chi connectivity index (χ2n) is 4.60. The lowest BCUT2D eigenvalue weighted by Crippen LogP contribution is -2.22. The second-order valence-corrected chi connectivity index (χ2v) is 5.71. The number of nitrogens with zero attached hydrogens (tertiary/aromatic N) is 2. The SMILES string of the molecule is CC(C)NCc1ccccc1Sc1cnn(C)c1. The normalized spacial score (nSPS) is 11.1. The average molecular weight is 261 g/mol. The minimum atomic E-state index is 0.501. The van der Waals surface area contributed by atoms with Crippen LogP contribution in [0.25, 0.3) is 0 Å². The molecule has 18 heavy (non-hydrogen) atoms. The summed E-state index contributed by atoms with van der Waals surface area (Å²) in [6.45, 7) is 5.23. The van der Waals surface area contributed by atoms with Crippen molar-refractivity contribution in [1.82, 2.24) is 15.1 Å². The van der Waals surface area contributed by atoms with E-state index in [0.29, 0.717) is 6.04 Å². The molecule has 0 saturated heterocycles. The quantitative estimate of drug-likeness (QED) is 0.897. The van der Waals surface area contributed by atoms with Crippen molar-refractivity contribution in [2.75, 3.05) is 0 Å². The third-order valence-electron chi connectivity index (χ3n) is 2.58. The Morgan fingerprint density at radius 3 is 2.78 bits per heavy atom. The predicted molar refractivity (Wildman–Crippen MR) is 75.7 cm³/mol. The summed E-state index contributed by atoms with van der Waals surface area (Å²) in [5.74, 6) is 0. The van der Waals surface area contributed by atoms with Crippen molar-refractivity contribution in [2.45, 2.75) is 36.2 Å². The second kappa shape index (κ2) is 6.07. The smallest absolute Gasteiger partial charge is 0.0629 e. The van der Waals surface area contributed by atoms with Gasteiger partial charge in [-0.3, -0.25) is 4.68 Å². The van der Waals surface area contributed by atoms with Crippen LogP contribution in [0.1, 0.15) is 19.4 Å². The van der Waals surface area contributed by atoms with Crippen LogP contribution in [0.3, 0.4) is 0 Å². The van der Waals surface area contributed by atoms with Crippen molar-refractivity contribution in [3.63, 3.8) is 0 Å². The number of hydrogen-bond acceptors (Lipinski definition) is 3. The van der Waals surface area contributed by atoms with Crippen LogP contribution in [0.4, 0.5) is 0 Å². The highest BCUT2D eigenvalue weighted by atomic mass is 32.2. The number of rotatable bonds is 5. The van der Waals surface area contributed by atoms with Gasteiger partial charge in [0.25, 0.3) is 0 Å². The molecule has 1 N–H and O–H groups in total. The van der Waals surface area contributed by atoms with Crippen LogP contribution in [0.15, 0.2) is 46.5 Å². The molecule has 0 aliphatic heterocycles. The summed E-state index contributed by atoms with van der Waals surface area (Å²) in [5.41, 5.74) is 1.33. The van der Waals surface area contributed by atoms with Gasteiger partial charge in [0.2, 0.25) is 0 Å². The van der Waals surface area contributed by atoms with Crippen molar-refractivity contribution in [2.24, 2.45) is 7.05 Å². The molecule has 0 saturated carbocycles. The standard InChI is InChI=1S/C14H19N3S/c1-11(2)15-8-12-6-4-5-7-14(12)18-13-9-16-17(3)10-13/h4-7,9-11,15H,8H2,1-3H3. The maximum Gasteiger partial charge on any atom is 0.0629 e. The molecule has 0 bridgehead atoms. The van der Waals surface area contributed by atoms with Crippen LogP contribution in [0, 0.1) is 0 Å². The van der Waals surface area contributed by atoms with Gasteiger partial charge in [-0.2, -0.15) is 5.10 Å². The maximum absolute atomic E-state index is 4.20. The fourth-order valence-corrected chi connectivity index (χ4v) is 2.62. The summed E-state index contributed by atoms with van der Waals surface area (Å²) >= 11 is 1.76. The first-order chi connectivity index (χ1) is 8.65. The van der Waals surface area contributed by atoms with E-state index in [1.807, 2.05) is 24.1 Å². The minimum Gasteiger partial charge on any atom is -0.310 e. The molecule has 0 amide bonds. The third-order valence-corrected chi connectivity index (χ3v) is 3.65. The minimum absolute atomic E-state index is 0.501. The van der Waals surface area contributed by atoms with E-state index in [4.69, 9.17) is 0 Å². The van der Waals surface area contributed by atoms with Crippen LogP contribution in [0.5, 0.6) is 0 Å². The lowest BCUT2D eigenvalue weighted by atomic mass is 10.2. The summed E-state index contributed by atoms with van der Waals surface area (Å²) in [5, 5.41) is 7.66. The van der Waals surface area contributed by atoms with E-state index >= 15 is 0 Å². The van der Waals surface area contributed by atoms with E-state index < -0.39 is 0 Å². The molecule has 2 rings (SSSR count). The summed E-state index contributed by atoms with van der Waals surface area (Å²) < 4.78 is 1.83. The van der Waals surface area contributed by atoms with Gasteiger partial charge in [0.1, 0.15) is 0 Å². The van der Waals surface area contributed by atoms with Gasteiger partial charge in [-0.1, -0.05) is 43.8 Å². The first kappa shape index (κ1) is 13.2. The van der Waals surface area contributed by atoms with Gasteiger partial charge in [-0.15, -0.1) is 0 Å². The molecular weight excluding hydrogens is 242 g/mol. The van der Waals surface area contributed by atoms with Gasteiger partial charge < -0.3 is 5.32 Å². The highest BCUT2D eigenvalue weighted by Crippen LogP contribution is 2.29. The summed E-state index contributed by atoms with van der Waals surface area (Å²) in [7, 11) is 1.94. The van der Waals surface area contributed by atoms with Crippen molar-refractivity contribution < 1.29 is 0 Å². The molecule has 1 aromatic carbocycles. The first-order valence-corrected chi connectivity index (χ1v) is 6.94. The highest BCUT2D eigenvalue weighted by Gasteiger charge is 2.05. The Morgan fingerprint density at radius 1 is 1.33 bits per heavy atom. The van der Waals surface area contributed by atoms with Crippen molar-refractivity contribution in [3.8, 4) is 0 Å². The van der Waals surface area contributed by atoms with E-state index in [1.54, 1.807) is 11.8 Å². The van der Waals surface area contributed by atoms with Crippen LogP contribution < -0.4 is 5.32 Å². The zero-order valence-corrected chi connectivity index (χ0v) is 11.9. The Hall–Kier alpha value is -1.26. The Kier molecular flexibility index (Phi) is 4.44. The van der Waals surface area contributed by atoms with E-state index in [9.17, 15) is 0 Å². The average Bonchev–Trinajstić information content (AvgIpc) is 2.73. The van der Waals surface area contributed by atoms with E-state index in [0.717, 1.165) is 6.54 Å². The summed E-state index contributed by atoms with van der Waals surface area (Å²) in [6, 6.07) is 9.01. The molecule has 0 aliphatic carbocycles. The van der Waals surface area contributed by atoms with Gasteiger partial charge in [0.15, 0.2) is 0 Å². The molecule has 96 valence electrons. The van der Waals surface area contributed by atoms with Gasteiger partial charge in [-0.05, 0) is 11.6 Å². The topological polar surface area (TPSA) is 29.9 Å². The fourth-order valence-electron chi connectivity index (χ4n) is 1.64. The molecule has 0 aliphatic rings. The van der Waals surface area contributed by atoms with Gasteiger partial charge >= 0.3 is 0 Å². The van der Waals surface area contributed by atoms with E-state index in [2.05, 4.69) is 48.5 Å². The molecule has 0 unspecified atom stereocenters. The number of aryl methyl sites for hydroxylation is 1. The van der Waals surface area contributed by atoms with Crippen LogP contribution in [-0.2, 0) is 13.6 Å². The Balaban J connectivity index is 2.11. The zero-order valence-electron chi connectivity index (χ0n) is 11.1.